The molecule has 118 valence electrons. The Kier molecular flexibility index (Phi) is 4.29. The van der Waals surface area contributed by atoms with Gasteiger partial charge in [-0.05, 0) is 24.3 Å². The number of hydrogen-bond donors (Lipinski definition) is 2. The van der Waals surface area contributed by atoms with Crippen molar-refractivity contribution in [1.82, 2.24) is 0 Å². The molecule has 0 saturated heterocycles. The van der Waals surface area contributed by atoms with E-state index in [1.54, 1.807) is 0 Å². The number of aliphatic hydroxyl groups excluding tert-OH is 1. The Labute approximate surface area is 126 Å². The zero-order valence-corrected chi connectivity index (χ0v) is 11.4. The second-order valence-electron chi connectivity index (χ2n) is 4.17. The lowest BCUT2D eigenvalue weighted by Crippen LogP contribution is -2.11. The lowest BCUT2D eigenvalue weighted by atomic mass is 10.2. The van der Waals surface area contributed by atoms with Crippen molar-refractivity contribution < 1.29 is 27.6 Å². The molecule has 6 nitrogen and oxygen atoms in total. The third-order valence-electron chi connectivity index (χ3n) is 2.65. The fourth-order valence-corrected chi connectivity index (χ4v) is 1.79. The minimum Gasteiger partial charge on any atom is -0.401 e. The molecule has 0 spiro atoms. The van der Waals surface area contributed by atoms with E-state index in [0.717, 1.165) is 24.3 Å². The van der Waals surface area contributed by atoms with Gasteiger partial charge in [0.05, 0.1) is 22.3 Å². The van der Waals surface area contributed by atoms with E-state index in [1.165, 1.54) is 0 Å². The topological polar surface area (TPSA) is 88.5 Å². The standard InChI is InChI=1S/C12H8ClF3N2O4/c13-7-2-1-6(12(14,15)16)5-8(7)17-11(19)9-3-4-10(22-9)18(20)21/h1-5,11,17,19H. The number of nitrogens with one attached hydrogen (secondary N) is 1. The number of nitrogens with zero attached hydrogens (tertiary/aromatic N) is 1. The van der Waals surface area contributed by atoms with Crippen LogP contribution in [0.3, 0.4) is 0 Å². The van der Waals surface area contributed by atoms with E-state index in [0.29, 0.717) is 6.07 Å². The van der Waals surface area contributed by atoms with Crippen LogP contribution in [0, 0.1) is 10.1 Å². The predicted octanol–water partition coefficient (Wildman–Crippen LogP) is 3.96. The number of aliphatic hydroxyl groups is 1. The van der Waals surface area contributed by atoms with Gasteiger partial charge in [-0.1, -0.05) is 11.6 Å². The van der Waals surface area contributed by atoms with Crippen molar-refractivity contribution in [3.8, 4) is 0 Å². The van der Waals surface area contributed by atoms with Crippen LogP contribution in [0.25, 0.3) is 0 Å². The normalized spacial score (nSPS) is 13.0. The van der Waals surface area contributed by atoms with Crippen LogP contribution >= 0.6 is 11.6 Å². The Hall–Kier alpha value is -2.26. The molecule has 1 aromatic carbocycles. The zero-order chi connectivity index (χ0) is 16.5. The van der Waals surface area contributed by atoms with E-state index in [9.17, 15) is 28.4 Å². The molecule has 0 aliphatic heterocycles. The molecule has 0 bridgehead atoms. The Morgan fingerprint density at radius 3 is 2.55 bits per heavy atom. The van der Waals surface area contributed by atoms with Crippen LogP contribution in [0.5, 0.6) is 0 Å². The van der Waals surface area contributed by atoms with Gasteiger partial charge in [0.1, 0.15) is 4.92 Å². The molecule has 0 radical (unpaired) electrons. The largest absolute Gasteiger partial charge is 0.433 e. The lowest BCUT2D eigenvalue weighted by Gasteiger charge is -2.15. The molecular formula is C12H8ClF3N2O4. The first-order valence-corrected chi connectivity index (χ1v) is 6.12. The van der Waals surface area contributed by atoms with Crippen LogP contribution in [0.15, 0.2) is 34.7 Å². The van der Waals surface area contributed by atoms with Crippen molar-refractivity contribution in [2.24, 2.45) is 0 Å². The third-order valence-corrected chi connectivity index (χ3v) is 2.98. The molecule has 1 heterocycles. The molecule has 10 heteroatoms. The summed E-state index contributed by atoms with van der Waals surface area (Å²) in [7, 11) is 0. The summed E-state index contributed by atoms with van der Waals surface area (Å²) in [5, 5.41) is 22.5. The smallest absolute Gasteiger partial charge is 0.401 e. The van der Waals surface area contributed by atoms with E-state index in [2.05, 4.69) is 5.32 Å². The van der Waals surface area contributed by atoms with Gasteiger partial charge in [0.25, 0.3) is 0 Å². The molecule has 0 amide bonds. The molecule has 0 fully saturated rings. The molecule has 0 aliphatic rings. The molecule has 22 heavy (non-hydrogen) atoms. The number of nitro groups is 1. The Balaban J connectivity index is 2.23. The van der Waals surface area contributed by atoms with Crippen LogP contribution in [-0.4, -0.2) is 10.0 Å². The van der Waals surface area contributed by atoms with Crippen molar-refractivity contribution in [1.29, 1.82) is 0 Å². The van der Waals surface area contributed by atoms with Crippen molar-refractivity contribution in [2.75, 3.05) is 5.32 Å². The van der Waals surface area contributed by atoms with E-state index in [1.807, 2.05) is 0 Å². The zero-order valence-electron chi connectivity index (χ0n) is 10.6. The van der Waals surface area contributed by atoms with Crippen molar-refractivity contribution in [2.45, 2.75) is 12.4 Å². The van der Waals surface area contributed by atoms with Gasteiger partial charge in [-0.3, -0.25) is 10.1 Å². The first-order chi connectivity index (χ1) is 10.2. The summed E-state index contributed by atoms with van der Waals surface area (Å²) in [6.07, 6.45) is -6.18. The average Bonchev–Trinajstić information content (AvgIpc) is 2.89. The third kappa shape index (κ3) is 3.49. The Morgan fingerprint density at radius 1 is 1.32 bits per heavy atom. The van der Waals surface area contributed by atoms with Gasteiger partial charge < -0.3 is 14.8 Å². The van der Waals surface area contributed by atoms with E-state index >= 15 is 0 Å². The minimum absolute atomic E-state index is 0.0619. The van der Waals surface area contributed by atoms with Gasteiger partial charge in [-0.2, -0.15) is 13.2 Å². The molecule has 1 atom stereocenters. The Morgan fingerprint density at radius 2 is 2.00 bits per heavy atom. The van der Waals surface area contributed by atoms with Crippen molar-refractivity contribution >= 4 is 23.2 Å². The number of hydrogen-bond acceptors (Lipinski definition) is 5. The fraction of sp³-hybridized carbons (Fsp3) is 0.167. The van der Waals surface area contributed by atoms with Crippen LogP contribution in [-0.2, 0) is 6.18 Å². The molecule has 0 saturated carbocycles. The summed E-state index contributed by atoms with van der Waals surface area (Å²) >= 11 is 5.75. The van der Waals surface area contributed by atoms with Gasteiger partial charge in [-0.25, -0.2) is 0 Å². The SMILES string of the molecule is O=[N+]([O-])c1ccc(C(O)Nc2cc(C(F)(F)F)ccc2Cl)o1. The summed E-state index contributed by atoms with van der Waals surface area (Å²) in [5.41, 5.74) is -1.15. The second-order valence-corrected chi connectivity index (χ2v) is 4.58. The highest BCUT2D eigenvalue weighted by atomic mass is 35.5. The maximum atomic E-state index is 12.6. The molecule has 2 rings (SSSR count). The highest BCUT2D eigenvalue weighted by Gasteiger charge is 2.31. The number of benzene rings is 1. The van der Waals surface area contributed by atoms with E-state index in [4.69, 9.17) is 16.0 Å². The molecule has 2 aromatic rings. The number of alkyl halides is 3. The lowest BCUT2D eigenvalue weighted by molar-refractivity contribution is -0.402. The maximum absolute atomic E-state index is 12.6. The average molecular weight is 337 g/mol. The summed E-state index contributed by atoms with van der Waals surface area (Å²) in [6, 6.07) is 4.65. The van der Waals surface area contributed by atoms with Gasteiger partial charge in [0.2, 0.25) is 0 Å². The van der Waals surface area contributed by atoms with Gasteiger partial charge in [-0.15, -0.1) is 0 Å². The highest BCUT2D eigenvalue weighted by molar-refractivity contribution is 6.33. The van der Waals surface area contributed by atoms with E-state index < -0.39 is 28.8 Å². The van der Waals surface area contributed by atoms with Crippen LogP contribution in [0.1, 0.15) is 17.6 Å². The molecule has 1 aromatic heterocycles. The molecular weight excluding hydrogens is 329 g/mol. The van der Waals surface area contributed by atoms with Crippen LogP contribution < -0.4 is 5.32 Å². The molecule has 0 aliphatic carbocycles. The summed E-state index contributed by atoms with van der Waals surface area (Å²) < 4.78 is 42.6. The van der Waals surface area contributed by atoms with Gasteiger partial charge in [0.15, 0.2) is 12.0 Å². The maximum Gasteiger partial charge on any atom is 0.433 e. The highest BCUT2D eigenvalue weighted by Crippen LogP contribution is 2.35. The number of anilines is 1. The molecule has 1 unspecified atom stereocenters. The fourth-order valence-electron chi connectivity index (χ4n) is 1.62. The first-order valence-electron chi connectivity index (χ1n) is 5.74. The predicted molar refractivity (Wildman–Crippen MR) is 70.4 cm³/mol. The second kappa shape index (κ2) is 5.85. The van der Waals surface area contributed by atoms with Crippen LogP contribution in [0.2, 0.25) is 5.02 Å². The Bertz CT molecular complexity index is 702. The summed E-state index contributed by atoms with van der Waals surface area (Å²) in [5.74, 6) is -0.842. The van der Waals surface area contributed by atoms with Gasteiger partial charge >= 0.3 is 12.1 Å². The monoisotopic (exact) mass is 336 g/mol. The first kappa shape index (κ1) is 16.1. The number of rotatable bonds is 4. The van der Waals surface area contributed by atoms with Gasteiger partial charge in [0, 0.05) is 0 Å². The van der Waals surface area contributed by atoms with Crippen LogP contribution in [0.4, 0.5) is 24.7 Å². The van der Waals surface area contributed by atoms with Crippen molar-refractivity contribution in [3.05, 3.63) is 56.8 Å². The minimum atomic E-state index is -4.57. The van der Waals surface area contributed by atoms with E-state index in [-0.39, 0.29) is 16.5 Å². The molecule has 2 N–H and O–H groups in total. The summed E-state index contributed by atoms with van der Waals surface area (Å²) in [4.78, 5) is 9.66. The quantitative estimate of drug-likeness (QED) is 0.501. The van der Waals surface area contributed by atoms with Crippen molar-refractivity contribution in [3.63, 3.8) is 0 Å². The number of halogens is 4. The summed E-state index contributed by atoms with van der Waals surface area (Å²) in [6.45, 7) is 0. The number of furan rings is 1.